The van der Waals surface area contributed by atoms with Crippen molar-refractivity contribution >= 4 is 25.0 Å². The van der Waals surface area contributed by atoms with Gasteiger partial charge in [0.2, 0.25) is 0 Å². The van der Waals surface area contributed by atoms with Crippen molar-refractivity contribution in [3.05, 3.63) is 72.8 Å². The van der Waals surface area contributed by atoms with Crippen LogP contribution in [-0.2, 0) is 9.22 Å². The van der Waals surface area contributed by atoms with Gasteiger partial charge in [-0.1, -0.05) is 114 Å². The van der Waals surface area contributed by atoms with Crippen molar-refractivity contribution in [2.45, 2.75) is 64.5 Å². The van der Waals surface area contributed by atoms with Crippen LogP contribution in [0.25, 0.3) is 0 Å². The van der Waals surface area contributed by atoms with Gasteiger partial charge in [0.05, 0.1) is 6.10 Å². The van der Waals surface area contributed by atoms with E-state index in [9.17, 15) is 4.79 Å². The van der Waals surface area contributed by atoms with Gasteiger partial charge in [0.25, 0.3) is 8.32 Å². The Balaban J connectivity index is 2.58. The Labute approximate surface area is 171 Å². The highest BCUT2D eigenvalue weighted by molar-refractivity contribution is 6.99. The molecular formula is C25H34O2Si. The third kappa shape index (κ3) is 5.30. The van der Waals surface area contributed by atoms with E-state index < -0.39 is 8.32 Å². The molecule has 0 bridgehead atoms. The molecular weight excluding hydrogens is 360 g/mol. The largest absolute Gasteiger partial charge is 0.401 e. The third-order valence-corrected chi connectivity index (χ3v) is 10.3. The first kappa shape index (κ1) is 22.3. The highest BCUT2D eigenvalue weighted by Gasteiger charge is 2.51. The van der Waals surface area contributed by atoms with Crippen molar-refractivity contribution in [3.8, 4) is 0 Å². The SMILES string of the molecule is CCCCC[C@@H](/C=C/C=O)O[Si](c1ccccc1)(c1ccccc1)C(C)(C)C. The van der Waals surface area contributed by atoms with E-state index in [2.05, 4.69) is 88.4 Å². The molecule has 0 aliphatic rings. The Bertz CT molecular complexity index is 693. The Morgan fingerprint density at radius 3 is 1.89 bits per heavy atom. The van der Waals surface area contributed by atoms with Crippen LogP contribution in [-0.4, -0.2) is 20.7 Å². The maximum Gasteiger partial charge on any atom is 0.261 e. The molecule has 3 heteroatoms. The van der Waals surface area contributed by atoms with Crippen molar-refractivity contribution in [1.29, 1.82) is 0 Å². The van der Waals surface area contributed by atoms with E-state index >= 15 is 0 Å². The second-order valence-electron chi connectivity index (χ2n) is 8.34. The minimum Gasteiger partial charge on any atom is -0.401 e. The van der Waals surface area contributed by atoms with E-state index in [0.29, 0.717) is 0 Å². The molecule has 0 heterocycles. The van der Waals surface area contributed by atoms with Gasteiger partial charge in [0, 0.05) is 0 Å². The van der Waals surface area contributed by atoms with Crippen LogP contribution in [0.1, 0.15) is 53.4 Å². The number of unbranched alkanes of at least 4 members (excludes halogenated alkanes) is 2. The number of allylic oxidation sites excluding steroid dienone is 1. The molecule has 150 valence electrons. The maximum absolute atomic E-state index is 11.0. The molecule has 0 aliphatic carbocycles. The predicted molar refractivity (Wildman–Crippen MR) is 122 cm³/mol. The summed E-state index contributed by atoms with van der Waals surface area (Å²) in [6.07, 6.45) is 8.70. The Morgan fingerprint density at radius 2 is 1.46 bits per heavy atom. The summed E-state index contributed by atoms with van der Waals surface area (Å²) >= 11 is 0. The first-order chi connectivity index (χ1) is 13.5. The molecule has 2 rings (SSSR count). The number of carbonyl (C=O) groups is 1. The quantitative estimate of drug-likeness (QED) is 0.238. The van der Waals surface area contributed by atoms with E-state index in [1.165, 1.54) is 23.2 Å². The molecule has 28 heavy (non-hydrogen) atoms. The molecule has 0 saturated carbocycles. The van der Waals surface area contributed by atoms with Crippen LogP contribution in [0.2, 0.25) is 5.04 Å². The first-order valence-electron chi connectivity index (χ1n) is 10.4. The van der Waals surface area contributed by atoms with E-state index in [1.54, 1.807) is 6.08 Å². The molecule has 0 N–H and O–H groups in total. The van der Waals surface area contributed by atoms with Gasteiger partial charge in [-0.15, -0.1) is 0 Å². The van der Waals surface area contributed by atoms with E-state index in [0.717, 1.165) is 19.1 Å². The van der Waals surface area contributed by atoms with Gasteiger partial charge in [-0.25, -0.2) is 0 Å². The fourth-order valence-electron chi connectivity index (χ4n) is 3.88. The van der Waals surface area contributed by atoms with Crippen molar-refractivity contribution in [2.75, 3.05) is 0 Å². The second-order valence-corrected chi connectivity index (χ2v) is 12.6. The Morgan fingerprint density at radius 1 is 0.929 bits per heavy atom. The fourth-order valence-corrected chi connectivity index (χ4v) is 8.54. The number of hydrogen-bond donors (Lipinski definition) is 0. The van der Waals surface area contributed by atoms with Crippen LogP contribution < -0.4 is 10.4 Å². The molecule has 0 saturated heterocycles. The van der Waals surface area contributed by atoms with Crippen LogP contribution in [0, 0.1) is 0 Å². The zero-order valence-corrected chi connectivity index (χ0v) is 18.7. The minimum atomic E-state index is -2.59. The molecule has 2 aromatic rings. The molecule has 0 radical (unpaired) electrons. The summed E-state index contributed by atoms with van der Waals surface area (Å²) in [7, 11) is -2.59. The van der Waals surface area contributed by atoms with Crippen molar-refractivity contribution in [3.63, 3.8) is 0 Å². The van der Waals surface area contributed by atoms with Gasteiger partial charge in [0.15, 0.2) is 0 Å². The molecule has 0 unspecified atom stereocenters. The maximum atomic E-state index is 11.0. The van der Waals surface area contributed by atoms with Crippen LogP contribution in [0.4, 0.5) is 0 Å². The lowest BCUT2D eigenvalue weighted by Gasteiger charge is -2.44. The van der Waals surface area contributed by atoms with Gasteiger partial charge in [0.1, 0.15) is 6.29 Å². The first-order valence-corrected chi connectivity index (χ1v) is 12.3. The molecule has 0 spiro atoms. The van der Waals surface area contributed by atoms with Gasteiger partial charge >= 0.3 is 0 Å². The number of rotatable bonds is 10. The van der Waals surface area contributed by atoms with Crippen molar-refractivity contribution in [1.82, 2.24) is 0 Å². The fraction of sp³-hybridized carbons (Fsp3) is 0.400. The summed E-state index contributed by atoms with van der Waals surface area (Å²) in [5.41, 5.74) is 0. The summed E-state index contributed by atoms with van der Waals surface area (Å²) in [5.74, 6) is 0. The highest BCUT2D eigenvalue weighted by atomic mass is 28.4. The molecule has 0 amide bonds. The average molecular weight is 395 g/mol. The summed E-state index contributed by atoms with van der Waals surface area (Å²) < 4.78 is 7.12. The lowest BCUT2D eigenvalue weighted by molar-refractivity contribution is -0.104. The van der Waals surface area contributed by atoms with Crippen molar-refractivity contribution < 1.29 is 9.22 Å². The molecule has 2 nitrogen and oxygen atoms in total. The topological polar surface area (TPSA) is 26.3 Å². The van der Waals surface area contributed by atoms with Gasteiger partial charge < -0.3 is 4.43 Å². The van der Waals surface area contributed by atoms with E-state index in [1.807, 2.05) is 6.08 Å². The molecule has 0 fully saturated rings. The molecule has 1 atom stereocenters. The lowest BCUT2D eigenvalue weighted by Crippen LogP contribution is -2.67. The normalized spacial score (nSPS) is 13.6. The summed E-state index contributed by atoms with van der Waals surface area (Å²) in [6, 6.07) is 21.3. The number of benzene rings is 2. The monoisotopic (exact) mass is 394 g/mol. The van der Waals surface area contributed by atoms with Gasteiger partial charge in [-0.05, 0) is 27.9 Å². The smallest absolute Gasteiger partial charge is 0.261 e. The Hall–Kier alpha value is -1.97. The van der Waals surface area contributed by atoms with Gasteiger partial charge in [-0.3, -0.25) is 4.79 Å². The standard InChI is InChI=1S/C25H34O2Si/c1-5-6-9-15-22(16-14-21-26)27-28(25(2,3)4,23-17-10-7-11-18-23)24-19-12-8-13-20-24/h7-8,10-14,16-22H,5-6,9,15H2,1-4H3/b16-14+/t22-/m0/s1. The second kappa shape index (κ2) is 10.5. The van der Waals surface area contributed by atoms with Crippen LogP contribution in [0.3, 0.4) is 0 Å². The highest BCUT2D eigenvalue weighted by Crippen LogP contribution is 2.38. The van der Waals surface area contributed by atoms with Crippen LogP contribution in [0.15, 0.2) is 72.8 Å². The number of aldehydes is 1. The third-order valence-electron chi connectivity index (χ3n) is 5.24. The zero-order chi connectivity index (χ0) is 20.5. The summed E-state index contributed by atoms with van der Waals surface area (Å²) in [5, 5.41) is 2.48. The molecule has 0 aromatic heterocycles. The van der Waals surface area contributed by atoms with E-state index in [4.69, 9.17) is 4.43 Å². The summed E-state index contributed by atoms with van der Waals surface area (Å²) in [4.78, 5) is 11.0. The molecule has 0 aliphatic heterocycles. The summed E-state index contributed by atoms with van der Waals surface area (Å²) in [6.45, 7) is 9.06. The number of hydrogen-bond acceptors (Lipinski definition) is 2. The number of carbonyl (C=O) groups excluding carboxylic acids is 1. The van der Waals surface area contributed by atoms with Crippen LogP contribution >= 0.6 is 0 Å². The van der Waals surface area contributed by atoms with Crippen molar-refractivity contribution in [2.24, 2.45) is 0 Å². The molecule has 2 aromatic carbocycles. The average Bonchev–Trinajstić information content (AvgIpc) is 2.70. The lowest BCUT2D eigenvalue weighted by atomic mass is 10.1. The Kier molecular flexibility index (Phi) is 8.40. The van der Waals surface area contributed by atoms with E-state index in [-0.39, 0.29) is 11.1 Å². The van der Waals surface area contributed by atoms with Crippen LogP contribution in [0.5, 0.6) is 0 Å². The predicted octanol–water partition coefficient (Wildman–Crippen LogP) is 5.27. The zero-order valence-electron chi connectivity index (χ0n) is 17.7. The van der Waals surface area contributed by atoms with Gasteiger partial charge in [-0.2, -0.15) is 0 Å². The minimum absolute atomic E-state index is 0.0618.